The second kappa shape index (κ2) is 7.39. The van der Waals surface area contributed by atoms with Crippen LogP contribution in [0.2, 0.25) is 0 Å². The Morgan fingerprint density at radius 3 is 2.48 bits per heavy atom. The van der Waals surface area contributed by atoms with Crippen molar-refractivity contribution in [3.8, 4) is 11.3 Å². The van der Waals surface area contributed by atoms with Gasteiger partial charge in [0.1, 0.15) is 5.82 Å². The van der Waals surface area contributed by atoms with Crippen LogP contribution in [0.25, 0.3) is 11.3 Å². The molecule has 2 heterocycles. The number of nitrogens with zero attached hydrogens (tertiary/aromatic N) is 3. The topological polar surface area (TPSA) is 75.2 Å². The molecule has 25 heavy (non-hydrogen) atoms. The summed E-state index contributed by atoms with van der Waals surface area (Å²) >= 11 is 0. The van der Waals surface area contributed by atoms with Gasteiger partial charge in [0.15, 0.2) is 9.84 Å². The molecule has 1 saturated heterocycles. The number of hydrogen-bond acceptors (Lipinski definition) is 6. The lowest BCUT2D eigenvalue weighted by Crippen LogP contribution is -2.26. The van der Waals surface area contributed by atoms with Gasteiger partial charge in [0.05, 0.1) is 17.2 Å². The Kier molecular flexibility index (Phi) is 5.22. The van der Waals surface area contributed by atoms with E-state index in [2.05, 4.69) is 29.0 Å². The molecular weight excluding hydrogens is 336 g/mol. The third-order valence-electron chi connectivity index (χ3n) is 4.41. The highest BCUT2D eigenvalue weighted by Gasteiger charge is 2.28. The van der Waals surface area contributed by atoms with Crippen molar-refractivity contribution in [2.45, 2.75) is 26.3 Å². The molecule has 7 heteroatoms. The molecule has 1 aromatic carbocycles. The summed E-state index contributed by atoms with van der Waals surface area (Å²) in [6, 6.07) is 11.8. The largest absolute Gasteiger partial charge is 0.366 e. The number of rotatable bonds is 6. The van der Waals surface area contributed by atoms with Crippen molar-refractivity contribution in [1.29, 1.82) is 0 Å². The highest BCUT2D eigenvalue weighted by molar-refractivity contribution is 7.91. The normalized spacial score (nSPS) is 18.9. The first kappa shape index (κ1) is 17.7. The van der Waals surface area contributed by atoms with E-state index in [-0.39, 0.29) is 17.5 Å². The molecule has 2 aromatic rings. The molecule has 134 valence electrons. The Hall–Kier alpha value is -2.15. The van der Waals surface area contributed by atoms with E-state index in [1.807, 2.05) is 36.4 Å². The number of sulfone groups is 1. The van der Waals surface area contributed by atoms with E-state index >= 15 is 0 Å². The van der Waals surface area contributed by atoms with Crippen molar-refractivity contribution in [2.75, 3.05) is 34.8 Å². The van der Waals surface area contributed by atoms with Gasteiger partial charge < -0.3 is 10.2 Å². The third-order valence-corrected chi connectivity index (χ3v) is 6.18. The molecule has 1 aliphatic heterocycles. The van der Waals surface area contributed by atoms with Crippen LogP contribution >= 0.6 is 0 Å². The van der Waals surface area contributed by atoms with E-state index < -0.39 is 9.84 Å². The van der Waals surface area contributed by atoms with Gasteiger partial charge in [-0.05, 0) is 20.3 Å². The molecular formula is C18H24N4O2S. The highest BCUT2D eigenvalue weighted by atomic mass is 32.2. The Morgan fingerprint density at radius 2 is 1.88 bits per heavy atom. The second-order valence-corrected chi connectivity index (χ2v) is 8.45. The summed E-state index contributed by atoms with van der Waals surface area (Å²) in [6.45, 7) is 5.76. The zero-order chi connectivity index (χ0) is 17.9. The summed E-state index contributed by atoms with van der Waals surface area (Å²) in [6.07, 6.45) is 0.619. The van der Waals surface area contributed by atoms with Gasteiger partial charge in [0, 0.05) is 30.8 Å². The van der Waals surface area contributed by atoms with Gasteiger partial charge in [-0.15, -0.1) is 0 Å². The van der Waals surface area contributed by atoms with Crippen LogP contribution in [-0.4, -0.2) is 49.0 Å². The van der Waals surface area contributed by atoms with Gasteiger partial charge in [0.2, 0.25) is 5.95 Å². The molecule has 0 aliphatic carbocycles. The van der Waals surface area contributed by atoms with Gasteiger partial charge in [-0.1, -0.05) is 30.3 Å². The zero-order valence-electron chi connectivity index (χ0n) is 14.6. The van der Waals surface area contributed by atoms with Crippen LogP contribution in [0, 0.1) is 0 Å². The molecule has 3 rings (SSSR count). The molecule has 0 bridgehead atoms. The maximum Gasteiger partial charge on any atom is 0.227 e. The summed E-state index contributed by atoms with van der Waals surface area (Å²) in [5.74, 6) is 1.75. The summed E-state index contributed by atoms with van der Waals surface area (Å²) in [5.41, 5.74) is 1.85. The molecule has 0 spiro atoms. The van der Waals surface area contributed by atoms with E-state index in [9.17, 15) is 8.42 Å². The number of nitrogens with one attached hydrogen (secondary N) is 1. The van der Waals surface area contributed by atoms with Gasteiger partial charge >= 0.3 is 0 Å². The Morgan fingerprint density at radius 1 is 1.16 bits per heavy atom. The average Bonchev–Trinajstić information content (AvgIpc) is 2.95. The van der Waals surface area contributed by atoms with Crippen LogP contribution in [0.4, 0.5) is 11.8 Å². The van der Waals surface area contributed by atoms with Gasteiger partial charge in [-0.3, -0.25) is 0 Å². The van der Waals surface area contributed by atoms with Crippen molar-refractivity contribution in [3.05, 3.63) is 36.4 Å². The van der Waals surface area contributed by atoms with Crippen molar-refractivity contribution in [3.63, 3.8) is 0 Å². The van der Waals surface area contributed by atoms with Crippen LogP contribution < -0.4 is 10.2 Å². The molecule has 0 radical (unpaired) electrons. The highest BCUT2D eigenvalue weighted by Crippen LogP contribution is 2.24. The summed E-state index contributed by atoms with van der Waals surface area (Å²) in [5, 5.41) is 3.29. The minimum atomic E-state index is -2.93. The number of hydrogen-bond donors (Lipinski definition) is 1. The van der Waals surface area contributed by atoms with Crippen LogP contribution in [0.5, 0.6) is 0 Å². The van der Waals surface area contributed by atoms with Crippen LogP contribution in [-0.2, 0) is 9.84 Å². The van der Waals surface area contributed by atoms with E-state index in [1.165, 1.54) is 0 Å². The molecule has 0 saturated carbocycles. The molecule has 1 aromatic heterocycles. The summed E-state index contributed by atoms with van der Waals surface area (Å²) in [7, 11) is -2.93. The van der Waals surface area contributed by atoms with E-state index in [4.69, 9.17) is 4.98 Å². The van der Waals surface area contributed by atoms with Crippen LogP contribution in [0.1, 0.15) is 20.3 Å². The number of benzene rings is 1. The average molecular weight is 360 g/mol. The van der Waals surface area contributed by atoms with Gasteiger partial charge in [-0.2, -0.15) is 4.98 Å². The van der Waals surface area contributed by atoms with Crippen LogP contribution in [0.15, 0.2) is 36.4 Å². The fourth-order valence-corrected chi connectivity index (χ4v) is 4.70. The smallest absolute Gasteiger partial charge is 0.227 e. The molecule has 0 amide bonds. The van der Waals surface area contributed by atoms with Crippen LogP contribution in [0.3, 0.4) is 0 Å². The maximum atomic E-state index is 11.7. The lowest BCUT2D eigenvalue weighted by atomic mass is 10.1. The van der Waals surface area contributed by atoms with Gasteiger partial charge in [-0.25, -0.2) is 13.4 Å². The fraction of sp³-hybridized carbons (Fsp3) is 0.444. The fourth-order valence-electron chi connectivity index (χ4n) is 3.03. The summed E-state index contributed by atoms with van der Waals surface area (Å²) in [4.78, 5) is 11.4. The van der Waals surface area contributed by atoms with Crippen molar-refractivity contribution in [1.82, 2.24) is 9.97 Å². The predicted molar refractivity (Wildman–Crippen MR) is 102 cm³/mol. The molecule has 1 atom stereocenters. The minimum Gasteiger partial charge on any atom is -0.366 e. The maximum absolute atomic E-state index is 11.7. The van der Waals surface area contributed by atoms with Crippen molar-refractivity contribution < 1.29 is 8.42 Å². The second-order valence-electron chi connectivity index (χ2n) is 6.22. The SMILES string of the molecule is CCN(CC)c1nc(NC2CCS(=O)(=O)C2)cc(-c2ccccc2)n1. The number of anilines is 2. The number of aromatic nitrogens is 2. The Labute approximate surface area is 149 Å². The molecule has 1 N–H and O–H groups in total. The third kappa shape index (κ3) is 4.28. The molecule has 1 unspecified atom stereocenters. The molecule has 1 fully saturated rings. The molecule has 6 nitrogen and oxygen atoms in total. The van der Waals surface area contributed by atoms with Crippen molar-refractivity contribution in [2.24, 2.45) is 0 Å². The quantitative estimate of drug-likeness (QED) is 0.853. The lowest BCUT2D eigenvalue weighted by Gasteiger charge is -2.21. The lowest BCUT2D eigenvalue weighted by molar-refractivity contribution is 0.602. The first-order valence-electron chi connectivity index (χ1n) is 8.67. The Bertz CT molecular complexity index is 820. The first-order valence-corrected chi connectivity index (χ1v) is 10.5. The summed E-state index contributed by atoms with van der Waals surface area (Å²) < 4.78 is 23.4. The van der Waals surface area contributed by atoms with E-state index in [0.717, 1.165) is 24.3 Å². The Balaban J connectivity index is 1.95. The van der Waals surface area contributed by atoms with Gasteiger partial charge in [0.25, 0.3) is 0 Å². The predicted octanol–water partition coefficient (Wildman–Crippen LogP) is 2.59. The zero-order valence-corrected chi connectivity index (χ0v) is 15.5. The monoisotopic (exact) mass is 360 g/mol. The standard InChI is InChI=1S/C18H24N4O2S/c1-3-22(4-2)18-20-16(14-8-6-5-7-9-14)12-17(21-18)19-15-10-11-25(23,24)13-15/h5-9,12,15H,3-4,10-11,13H2,1-2H3,(H,19,20,21). The first-order chi connectivity index (χ1) is 12.0. The van der Waals surface area contributed by atoms with Crippen molar-refractivity contribution >= 4 is 21.6 Å². The van der Waals surface area contributed by atoms with E-state index in [1.54, 1.807) is 0 Å². The minimum absolute atomic E-state index is 0.0897. The van der Waals surface area contributed by atoms with E-state index in [0.29, 0.717) is 18.2 Å². The molecule has 1 aliphatic rings.